The van der Waals surface area contributed by atoms with Crippen LogP contribution in [-0.2, 0) is 4.74 Å². The fourth-order valence-corrected chi connectivity index (χ4v) is 1.41. The zero-order valence-corrected chi connectivity index (χ0v) is 7.65. The van der Waals surface area contributed by atoms with E-state index in [2.05, 4.69) is 5.32 Å². The molecular formula is C8H18N2O3. The maximum absolute atomic E-state index is 9.53. The number of hydrogen-bond donors (Lipinski definition) is 4. The van der Waals surface area contributed by atoms with Crippen molar-refractivity contribution < 1.29 is 14.9 Å². The van der Waals surface area contributed by atoms with Crippen molar-refractivity contribution in [3.05, 3.63) is 0 Å². The SMILES string of the molecule is NC1COC(CNCCO)C(O)C1. The van der Waals surface area contributed by atoms with Gasteiger partial charge in [0, 0.05) is 19.1 Å². The molecule has 13 heavy (non-hydrogen) atoms. The van der Waals surface area contributed by atoms with Gasteiger partial charge in [-0.15, -0.1) is 0 Å². The number of ether oxygens (including phenoxy) is 1. The summed E-state index contributed by atoms with van der Waals surface area (Å²) in [7, 11) is 0. The quantitative estimate of drug-likeness (QED) is 0.387. The molecule has 5 nitrogen and oxygen atoms in total. The molecule has 78 valence electrons. The van der Waals surface area contributed by atoms with Gasteiger partial charge in [-0.2, -0.15) is 0 Å². The van der Waals surface area contributed by atoms with Crippen LogP contribution in [0.3, 0.4) is 0 Å². The molecule has 0 aromatic rings. The van der Waals surface area contributed by atoms with E-state index in [0.29, 0.717) is 26.1 Å². The second kappa shape index (κ2) is 5.51. The van der Waals surface area contributed by atoms with Crippen LogP contribution in [0.5, 0.6) is 0 Å². The van der Waals surface area contributed by atoms with E-state index in [4.69, 9.17) is 15.6 Å². The highest BCUT2D eigenvalue weighted by atomic mass is 16.5. The van der Waals surface area contributed by atoms with E-state index < -0.39 is 6.10 Å². The lowest BCUT2D eigenvalue weighted by Gasteiger charge is -2.31. The zero-order chi connectivity index (χ0) is 9.68. The van der Waals surface area contributed by atoms with Crippen molar-refractivity contribution in [2.24, 2.45) is 5.73 Å². The van der Waals surface area contributed by atoms with Gasteiger partial charge >= 0.3 is 0 Å². The maximum Gasteiger partial charge on any atom is 0.0959 e. The molecule has 1 saturated heterocycles. The van der Waals surface area contributed by atoms with Crippen LogP contribution in [0.15, 0.2) is 0 Å². The first-order chi connectivity index (χ1) is 6.24. The number of nitrogens with one attached hydrogen (secondary N) is 1. The zero-order valence-electron chi connectivity index (χ0n) is 7.65. The first-order valence-electron chi connectivity index (χ1n) is 4.61. The van der Waals surface area contributed by atoms with E-state index in [9.17, 15) is 5.11 Å². The highest BCUT2D eigenvalue weighted by Crippen LogP contribution is 2.12. The fraction of sp³-hybridized carbons (Fsp3) is 1.00. The molecule has 1 aliphatic heterocycles. The topological polar surface area (TPSA) is 87.7 Å². The van der Waals surface area contributed by atoms with Crippen molar-refractivity contribution in [3.63, 3.8) is 0 Å². The van der Waals surface area contributed by atoms with Crippen molar-refractivity contribution in [2.45, 2.75) is 24.7 Å². The normalized spacial score (nSPS) is 34.8. The van der Waals surface area contributed by atoms with Crippen LogP contribution in [0.4, 0.5) is 0 Å². The fourth-order valence-electron chi connectivity index (χ4n) is 1.41. The first-order valence-corrected chi connectivity index (χ1v) is 4.61. The molecule has 1 heterocycles. The summed E-state index contributed by atoms with van der Waals surface area (Å²) >= 11 is 0. The maximum atomic E-state index is 9.53. The van der Waals surface area contributed by atoms with Gasteiger partial charge in [0.15, 0.2) is 0 Å². The van der Waals surface area contributed by atoms with Crippen molar-refractivity contribution in [3.8, 4) is 0 Å². The van der Waals surface area contributed by atoms with Gasteiger partial charge in [0.1, 0.15) is 0 Å². The van der Waals surface area contributed by atoms with Crippen molar-refractivity contribution in [1.29, 1.82) is 0 Å². The summed E-state index contributed by atoms with van der Waals surface area (Å²) < 4.78 is 5.33. The Labute approximate surface area is 77.9 Å². The minimum absolute atomic E-state index is 0.0518. The third kappa shape index (κ3) is 3.58. The van der Waals surface area contributed by atoms with Gasteiger partial charge < -0.3 is 26.0 Å². The molecule has 1 rings (SSSR count). The van der Waals surface area contributed by atoms with Crippen LogP contribution in [0.1, 0.15) is 6.42 Å². The molecule has 5 N–H and O–H groups in total. The molecule has 0 spiro atoms. The Morgan fingerprint density at radius 3 is 2.92 bits per heavy atom. The Kier molecular flexibility index (Phi) is 4.61. The van der Waals surface area contributed by atoms with E-state index in [-0.39, 0.29) is 18.8 Å². The number of aliphatic hydroxyl groups excluding tert-OH is 2. The monoisotopic (exact) mass is 190 g/mol. The minimum Gasteiger partial charge on any atom is -0.395 e. The Hall–Kier alpha value is -0.200. The molecule has 0 aliphatic carbocycles. The third-order valence-electron chi connectivity index (χ3n) is 2.13. The number of nitrogens with two attached hydrogens (primary N) is 1. The summed E-state index contributed by atoms with van der Waals surface area (Å²) in [6.07, 6.45) is -0.0906. The second-order valence-corrected chi connectivity index (χ2v) is 3.36. The molecule has 0 aromatic heterocycles. The number of rotatable bonds is 4. The largest absolute Gasteiger partial charge is 0.395 e. The molecule has 3 atom stereocenters. The van der Waals surface area contributed by atoms with Gasteiger partial charge in [-0.05, 0) is 6.42 Å². The summed E-state index contributed by atoms with van der Waals surface area (Å²) in [6.45, 7) is 1.69. The minimum atomic E-state index is -0.491. The lowest BCUT2D eigenvalue weighted by molar-refractivity contribution is -0.0796. The lowest BCUT2D eigenvalue weighted by atomic mass is 10.0. The van der Waals surface area contributed by atoms with Crippen LogP contribution in [0, 0.1) is 0 Å². The van der Waals surface area contributed by atoms with Crippen LogP contribution in [-0.4, -0.2) is 54.8 Å². The number of aliphatic hydroxyl groups is 2. The Morgan fingerprint density at radius 1 is 1.54 bits per heavy atom. The van der Waals surface area contributed by atoms with Crippen LogP contribution >= 0.6 is 0 Å². The van der Waals surface area contributed by atoms with Gasteiger partial charge in [-0.3, -0.25) is 0 Å². The highest BCUT2D eigenvalue weighted by Gasteiger charge is 2.27. The second-order valence-electron chi connectivity index (χ2n) is 3.36. The molecule has 0 amide bonds. The Morgan fingerprint density at radius 2 is 2.31 bits per heavy atom. The van der Waals surface area contributed by atoms with E-state index in [1.807, 2.05) is 0 Å². The summed E-state index contributed by atoms with van der Waals surface area (Å²) in [5, 5.41) is 21.0. The smallest absolute Gasteiger partial charge is 0.0959 e. The van der Waals surface area contributed by atoms with Crippen LogP contribution in [0.25, 0.3) is 0 Å². The average molecular weight is 190 g/mol. The summed E-state index contributed by atoms with van der Waals surface area (Å²) in [6, 6.07) is -0.0518. The van der Waals surface area contributed by atoms with Gasteiger partial charge in [0.2, 0.25) is 0 Å². The molecular weight excluding hydrogens is 172 g/mol. The first kappa shape index (κ1) is 10.9. The van der Waals surface area contributed by atoms with E-state index in [0.717, 1.165) is 0 Å². The molecule has 3 unspecified atom stereocenters. The average Bonchev–Trinajstić information content (AvgIpc) is 2.09. The molecule has 1 aliphatic rings. The molecule has 0 radical (unpaired) electrons. The van der Waals surface area contributed by atoms with Crippen molar-refractivity contribution >= 4 is 0 Å². The summed E-state index contributed by atoms with van der Waals surface area (Å²) in [5.74, 6) is 0. The van der Waals surface area contributed by atoms with Gasteiger partial charge in [-0.25, -0.2) is 0 Å². The molecule has 0 aromatic carbocycles. The number of hydrogen-bond acceptors (Lipinski definition) is 5. The summed E-state index contributed by atoms with van der Waals surface area (Å²) in [5.41, 5.74) is 5.60. The van der Waals surface area contributed by atoms with E-state index in [1.54, 1.807) is 0 Å². The molecule has 1 fully saturated rings. The highest BCUT2D eigenvalue weighted by molar-refractivity contribution is 4.81. The molecule has 0 bridgehead atoms. The summed E-state index contributed by atoms with van der Waals surface area (Å²) in [4.78, 5) is 0. The molecule has 0 saturated carbocycles. The molecule has 5 heteroatoms. The predicted molar refractivity (Wildman–Crippen MR) is 48.3 cm³/mol. The Balaban J connectivity index is 2.18. The lowest BCUT2D eigenvalue weighted by Crippen LogP contribution is -2.49. The van der Waals surface area contributed by atoms with Crippen molar-refractivity contribution in [1.82, 2.24) is 5.32 Å². The van der Waals surface area contributed by atoms with Crippen LogP contribution < -0.4 is 11.1 Å². The van der Waals surface area contributed by atoms with Gasteiger partial charge in [0.05, 0.1) is 25.4 Å². The van der Waals surface area contributed by atoms with Crippen LogP contribution in [0.2, 0.25) is 0 Å². The standard InChI is InChI=1S/C8H18N2O3/c9-6-3-7(12)8(13-5-6)4-10-1-2-11/h6-8,10-12H,1-5,9H2. The van der Waals surface area contributed by atoms with Crippen molar-refractivity contribution in [2.75, 3.05) is 26.3 Å². The Bertz CT molecular complexity index is 145. The van der Waals surface area contributed by atoms with E-state index in [1.165, 1.54) is 0 Å². The van der Waals surface area contributed by atoms with Gasteiger partial charge in [-0.1, -0.05) is 0 Å². The van der Waals surface area contributed by atoms with Gasteiger partial charge in [0.25, 0.3) is 0 Å². The third-order valence-corrected chi connectivity index (χ3v) is 2.13. The van der Waals surface area contributed by atoms with E-state index >= 15 is 0 Å². The predicted octanol–water partition coefficient (Wildman–Crippen LogP) is -1.95.